The smallest absolute Gasteiger partial charge is 0.340 e. The van der Waals surface area contributed by atoms with Gasteiger partial charge in [0.05, 0.1) is 22.3 Å². The average molecular weight is 709 g/mol. The third-order valence-electron chi connectivity index (χ3n) is 9.59. The number of pyridine rings is 1. The molecule has 5 rings (SSSR count). The van der Waals surface area contributed by atoms with Gasteiger partial charge in [0.25, 0.3) is 0 Å². The maximum absolute atomic E-state index is 14.9. The molecular weight excluding hydrogens is 656 g/mol. The molecule has 2 aromatic carbocycles. The fraction of sp³-hybridized carbons (Fsp3) is 0.550. The number of halogens is 1. The van der Waals surface area contributed by atoms with Crippen molar-refractivity contribution in [2.24, 2.45) is 5.41 Å². The predicted molar refractivity (Wildman–Crippen MR) is 195 cm³/mol. The van der Waals surface area contributed by atoms with E-state index in [1.165, 1.54) is 12.1 Å². The van der Waals surface area contributed by atoms with E-state index in [4.69, 9.17) is 19.2 Å². The van der Waals surface area contributed by atoms with E-state index in [1.54, 1.807) is 0 Å². The first-order valence-corrected chi connectivity index (χ1v) is 19.5. The first-order valence-electron chi connectivity index (χ1n) is 17.7. The Morgan fingerprint density at radius 3 is 2.36 bits per heavy atom. The van der Waals surface area contributed by atoms with E-state index in [-0.39, 0.29) is 22.5 Å². The Balaban J connectivity index is 1.55. The van der Waals surface area contributed by atoms with Gasteiger partial charge in [0.1, 0.15) is 17.7 Å². The highest BCUT2D eigenvalue weighted by Gasteiger charge is 2.38. The number of rotatable bonds is 9. The van der Waals surface area contributed by atoms with E-state index in [0.717, 1.165) is 89.8 Å². The summed E-state index contributed by atoms with van der Waals surface area (Å²) >= 11 is 0. The first kappa shape index (κ1) is 37.7. The number of carbonyl (C=O) groups excluding carboxylic acids is 1. The zero-order chi connectivity index (χ0) is 36.8. The predicted octanol–water partition coefficient (Wildman–Crippen LogP) is 8.28. The maximum Gasteiger partial charge on any atom is 0.340 e. The number of aromatic nitrogens is 1. The van der Waals surface area contributed by atoms with E-state index >= 15 is 0 Å². The number of ether oxygens (including phenoxy) is 3. The Labute approximate surface area is 297 Å². The number of fused-ring (bicyclic) bond motifs is 1. The van der Waals surface area contributed by atoms with Crippen LogP contribution in [-0.2, 0) is 36.9 Å². The van der Waals surface area contributed by atoms with Gasteiger partial charge in [-0.15, -0.1) is 0 Å². The van der Waals surface area contributed by atoms with Crippen molar-refractivity contribution in [1.29, 1.82) is 0 Å². The van der Waals surface area contributed by atoms with Gasteiger partial charge in [-0.1, -0.05) is 26.0 Å². The first-order chi connectivity index (χ1) is 23.2. The summed E-state index contributed by atoms with van der Waals surface area (Å²) in [5.41, 5.74) is 6.29. The highest BCUT2D eigenvalue weighted by Crippen LogP contribution is 2.46. The Morgan fingerprint density at radius 2 is 1.76 bits per heavy atom. The monoisotopic (exact) mass is 708 g/mol. The van der Waals surface area contributed by atoms with E-state index in [0.29, 0.717) is 18.4 Å². The molecule has 0 unspecified atom stereocenters. The molecule has 272 valence electrons. The molecule has 1 aromatic heterocycles. The number of piperidine rings is 1. The van der Waals surface area contributed by atoms with Crippen LogP contribution < -0.4 is 9.64 Å². The van der Waals surface area contributed by atoms with Crippen molar-refractivity contribution < 1.29 is 31.8 Å². The number of esters is 1. The van der Waals surface area contributed by atoms with Crippen LogP contribution >= 0.6 is 0 Å². The van der Waals surface area contributed by atoms with E-state index in [1.807, 2.05) is 60.6 Å². The largest absolute Gasteiger partial charge is 0.490 e. The molecule has 2 aliphatic rings. The van der Waals surface area contributed by atoms with Crippen LogP contribution in [-0.4, -0.2) is 56.5 Å². The molecule has 0 bridgehead atoms. The fourth-order valence-electron chi connectivity index (χ4n) is 6.95. The molecule has 3 aromatic rings. The van der Waals surface area contributed by atoms with Gasteiger partial charge in [0, 0.05) is 48.3 Å². The minimum absolute atomic E-state index is 0.0361. The van der Waals surface area contributed by atoms with E-state index in [9.17, 15) is 17.6 Å². The quantitative estimate of drug-likeness (QED) is 0.205. The van der Waals surface area contributed by atoms with Crippen molar-refractivity contribution in [2.45, 2.75) is 123 Å². The maximum atomic E-state index is 14.9. The number of hydrogen-bond acceptors (Lipinski definition) is 8. The lowest BCUT2D eigenvalue weighted by molar-refractivity contribution is -0.171. The number of benzene rings is 2. The third-order valence-corrected chi connectivity index (χ3v) is 10.7. The Bertz CT molecular complexity index is 1850. The second kappa shape index (κ2) is 14.3. The number of hydrogen-bond donors (Lipinski definition) is 0. The highest BCUT2D eigenvalue weighted by atomic mass is 32.2. The molecule has 1 fully saturated rings. The summed E-state index contributed by atoms with van der Waals surface area (Å²) < 4.78 is 57.4. The minimum Gasteiger partial charge on any atom is -0.490 e. The van der Waals surface area contributed by atoms with Gasteiger partial charge in [-0.05, 0) is 121 Å². The van der Waals surface area contributed by atoms with Crippen LogP contribution in [0.4, 0.5) is 10.1 Å². The van der Waals surface area contributed by atoms with Crippen molar-refractivity contribution >= 4 is 21.5 Å². The summed E-state index contributed by atoms with van der Waals surface area (Å²) in [5, 5.41) is 0. The summed E-state index contributed by atoms with van der Waals surface area (Å²) in [6.45, 7) is 19.7. The summed E-state index contributed by atoms with van der Waals surface area (Å²) in [7, 11) is -3.50. The normalized spacial score (nSPS) is 18.4. The van der Waals surface area contributed by atoms with Gasteiger partial charge >= 0.3 is 5.97 Å². The number of nitrogens with zero attached hydrogens (tertiary/aromatic N) is 2. The molecule has 0 spiro atoms. The van der Waals surface area contributed by atoms with Crippen molar-refractivity contribution in [1.82, 2.24) is 4.98 Å². The standard InChI is InChI=1S/C40H53FN2O6S/c1-24(2)47-38(44)37(49-39(5,6)7)35-26(4)42-25(3)34(36(35)43-19-17-40(8,9)18-20-43)29-13-16-33-28(21-29)11-14-30(48-33)22-27-12-15-31(23-32(27)41)50(10,45)46/h12-13,15-16,21,23-24,30,37H,11,14,17-20,22H2,1-10H3/t30-,37+/m1/s1. The average Bonchev–Trinajstić information content (AvgIpc) is 2.99. The Kier molecular flexibility index (Phi) is 10.8. The van der Waals surface area contributed by atoms with Gasteiger partial charge < -0.3 is 19.1 Å². The lowest BCUT2D eigenvalue weighted by Crippen LogP contribution is -2.39. The van der Waals surface area contributed by atoms with Gasteiger partial charge in [0.2, 0.25) is 0 Å². The van der Waals surface area contributed by atoms with Gasteiger partial charge in [0.15, 0.2) is 15.9 Å². The van der Waals surface area contributed by atoms with Crippen LogP contribution in [0.2, 0.25) is 0 Å². The highest BCUT2D eigenvalue weighted by molar-refractivity contribution is 7.90. The van der Waals surface area contributed by atoms with Crippen LogP contribution in [0.5, 0.6) is 5.75 Å². The summed E-state index contributed by atoms with van der Waals surface area (Å²) in [6.07, 6.45) is 3.29. The molecule has 2 atom stereocenters. The lowest BCUT2D eigenvalue weighted by atomic mass is 9.81. The molecule has 0 saturated carbocycles. The molecule has 0 amide bonds. The van der Waals surface area contributed by atoms with Crippen molar-refractivity contribution in [3.8, 4) is 16.9 Å². The number of aryl methyl sites for hydroxylation is 3. The lowest BCUT2D eigenvalue weighted by Gasteiger charge is -2.41. The Hall–Kier alpha value is -3.50. The molecule has 50 heavy (non-hydrogen) atoms. The van der Waals surface area contributed by atoms with Crippen molar-refractivity contribution in [3.63, 3.8) is 0 Å². The number of anilines is 1. The van der Waals surface area contributed by atoms with Crippen LogP contribution in [0.15, 0.2) is 41.3 Å². The fourth-order valence-corrected chi connectivity index (χ4v) is 7.59. The SMILES string of the molecule is Cc1nc(C)c([C@H](OC(C)(C)C)C(=O)OC(C)C)c(N2CCC(C)(C)CC2)c1-c1ccc2c(c1)CC[C@H](Cc1ccc(S(C)(=O)=O)cc1F)O2. The third kappa shape index (κ3) is 8.68. The molecule has 0 aliphatic carbocycles. The number of sulfone groups is 1. The van der Waals surface area contributed by atoms with Crippen LogP contribution in [0.3, 0.4) is 0 Å². The second-order valence-corrected chi connectivity index (χ2v) is 18.0. The van der Waals surface area contributed by atoms with Gasteiger partial charge in [-0.2, -0.15) is 0 Å². The van der Waals surface area contributed by atoms with Gasteiger partial charge in [-0.3, -0.25) is 4.98 Å². The zero-order valence-corrected chi connectivity index (χ0v) is 32.1. The van der Waals surface area contributed by atoms with Crippen molar-refractivity contribution in [3.05, 3.63) is 70.3 Å². The van der Waals surface area contributed by atoms with Gasteiger partial charge in [-0.25, -0.2) is 17.6 Å². The molecule has 8 nitrogen and oxygen atoms in total. The molecular formula is C40H53FN2O6S. The topological polar surface area (TPSA) is 95.0 Å². The zero-order valence-electron chi connectivity index (χ0n) is 31.3. The molecule has 0 radical (unpaired) electrons. The molecule has 0 N–H and O–H groups in total. The molecule has 2 aliphatic heterocycles. The number of carbonyl (C=O) groups is 1. The summed E-state index contributed by atoms with van der Waals surface area (Å²) in [4.78, 5) is 21.2. The van der Waals surface area contributed by atoms with E-state index < -0.39 is 33.3 Å². The molecule has 3 heterocycles. The van der Waals surface area contributed by atoms with Crippen LogP contribution in [0, 0.1) is 25.1 Å². The molecule has 10 heteroatoms. The van der Waals surface area contributed by atoms with Crippen LogP contribution in [0.25, 0.3) is 11.1 Å². The Morgan fingerprint density at radius 1 is 1.08 bits per heavy atom. The van der Waals surface area contributed by atoms with Crippen LogP contribution in [0.1, 0.15) is 102 Å². The van der Waals surface area contributed by atoms with Crippen molar-refractivity contribution in [2.75, 3.05) is 24.2 Å². The summed E-state index contributed by atoms with van der Waals surface area (Å²) in [6, 6.07) is 10.2. The minimum atomic E-state index is -3.50. The summed E-state index contributed by atoms with van der Waals surface area (Å²) in [5.74, 6) is -0.234. The van der Waals surface area contributed by atoms with E-state index in [2.05, 4.69) is 24.8 Å². The second-order valence-electron chi connectivity index (χ2n) is 16.0. The molecule has 1 saturated heterocycles.